The molecule has 1 heterocycles. The highest BCUT2D eigenvalue weighted by Crippen LogP contribution is 2.44. The zero-order valence-electron chi connectivity index (χ0n) is 19.4. The van der Waals surface area contributed by atoms with Crippen molar-refractivity contribution in [3.05, 3.63) is 59.7 Å². The number of likely N-dealkylation sites (tertiary alicyclic amines) is 1. The van der Waals surface area contributed by atoms with Gasteiger partial charge in [-0.1, -0.05) is 48.5 Å². The minimum absolute atomic E-state index is 0.00624. The number of fused-ring (bicyclic) bond motifs is 3. The zero-order valence-corrected chi connectivity index (χ0v) is 19.4. The summed E-state index contributed by atoms with van der Waals surface area (Å²) in [4.78, 5) is 39.0. The first-order valence-electron chi connectivity index (χ1n) is 11.7. The van der Waals surface area contributed by atoms with Crippen molar-refractivity contribution in [1.82, 2.24) is 15.1 Å². The monoisotopic (exact) mass is 465 g/mol. The smallest absolute Gasteiger partial charge is 0.407 e. The number of nitrogens with one attached hydrogen (secondary N) is 1. The summed E-state index contributed by atoms with van der Waals surface area (Å²) in [5.74, 6) is -0.979. The van der Waals surface area contributed by atoms with Gasteiger partial charge in [0.15, 0.2) is 0 Å². The molecule has 2 amide bonds. The van der Waals surface area contributed by atoms with Crippen LogP contribution in [0.1, 0.15) is 36.3 Å². The molecule has 2 aliphatic rings. The number of hydrogen-bond acceptors (Lipinski definition) is 5. The molecule has 0 unspecified atom stereocenters. The normalized spacial score (nSPS) is 15.9. The number of aliphatic carboxylic acids is 1. The Bertz CT molecular complexity index is 1000. The first-order chi connectivity index (χ1) is 16.4. The Kier molecular flexibility index (Phi) is 7.47. The van der Waals surface area contributed by atoms with Gasteiger partial charge in [0.2, 0.25) is 5.91 Å². The molecule has 0 atom stereocenters. The number of carboxylic acids is 1. The zero-order chi connectivity index (χ0) is 24.1. The fourth-order valence-corrected chi connectivity index (χ4v) is 4.74. The van der Waals surface area contributed by atoms with Gasteiger partial charge in [0, 0.05) is 38.6 Å². The average Bonchev–Trinajstić information content (AvgIpc) is 3.16. The molecule has 1 aliphatic carbocycles. The predicted molar refractivity (Wildman–Crippen MR) is 128 cm³/mol. The molecule has 180 valence electrons. The Morgan fingerprint density at radius 3 is 2.21 bits per heavy atom. The van der Waals surface area contributed by atoms with E-state index >= 15 is 0 Å². The van der Waals surface area contributed by atoms with Crippen LogP contribution < -0.4 is 5.32 Å². The SMILES string of the molecule is CN(CCC(=O)O)C(=O)CN1CCC(NC(=O)OCC2c3ccccc3-c3ccccc32)CC1. The van der Waals surface area contributed by atoms with Crippen LogP contribution in [0, 0.1) is 0 Å². The summed E-state index contributed by atoms with van der Waals surface area (Å²) in [6.07, 6.45) is 0.992. The molecular weight excluding hydrogens is 434 g/mol. The number of carbonyl (C=O) groups excluding carboxylic acids is 2. The molecule has 2 N–H and O–H groups in total. The maximum absolute atomic E-state index is 12.5. The van der Waals surface area contributed by atoms with E-state index in [9.17, 15) is 14.4 Å². The van der Waals surface area contributed by atoms with Gasteiger partial charge in [-0.05, 0) is 35.1 Å². The molecule has 8 nitrogen and oxygen atoms in total. The van der Waals surface area contributed by atoms with Gasteiger partial charge in [-0.25, -0.2) is 4.79 Å². The van der Waals surface area contributed by atoms with Crippen molar-refractivity contribution in [2.45, 2.75) is 31.2 Å². The van der Waals surface area contributed by atoms with Crippen LogP contribution in [0.3, 0.4) is 0 Å². The molecule has 4 rings (SSSR count). The molecule has 0 bridgehead atoms. The Morgan fingerprint density at radius 1 is 1.03 bits per heavy atom. The van der Waals surface area contributed by atoms with Crippen LogP contribution in [0.15, 0.2) is 48.5 Å². The summed E-state index contributed by atoms with van der Waals surface area (Å²) in [5, 5.41) is 11.7. The molecule has 2 aromatic carbocycles. The number of likely N-dealkylation sites (N-methyl/N-ethyl adjacent to an activating group) is 1. The third kappa shape index (κ3) is 5.56. The predicted octanol–water partition coefficient (Wildman–Crippen LogP) is 2.92. The summed E-state index contributed by atoms with van der Waals surface area (Å²) < 4.78 is 5.64. The number of nitrogens with zero attached hydrogens (tertiary/aromatic N) is 2. The van der Waals surface area contributed by atoms with Gasteiger partial charge in [0.1, 0.15) is 6.61 Å². The van der Waals surface area contributed by atoms with Gasteiger partial charge in [0.25, 0.3) is 0 Å². The molecule has 1 saturated heterocycles. The largest absolute Gasteiger partial charge is 0.481 e. The highest BCUT2D eigenvalue weighted by atomic mass is 16.5. The lowest BCUT2D eigenvalue weighted by molar-refractivity contribution is -0.138. The van der Waals surface area contributed by atoms with Crippen LogP contribution in [-0.4, -0.2) is 78.8 Å². The number of alkyl carbamates (subject to hydrolysis) is 1. The fraction of sp³-hybridized carbons (Fsp3) is 0.423. The Labute approximate surface area is 199 Å². The van der Waals surface area contributed by atoms with Crippen molar-refractivity contribution >= 4 is 18.0 Å². The fourth-order valence-electron chi connectivity index (χ4n) is 4.74. The van der Waals surface area contributed by atoms with E-state index in [1.54, 1.807) is 7.05 Å². The summed E-state index contributed by atoms with van der Waals surface area (Å²) in [6.45, 7) is 2.12. The molecule has 0 spiro atoms. The summed E-state index contributed by atoms with van der Waals surface area (Å²) in [7, 11) is 1.62. The lowest BCUT2D eigenvalue weighted by Gasteiger charge is -2.32. The number of piperidine rings is 1. The Hall–Kier alpha value is -3.39. The van der Waals surface area contributed by atoms with Crippen LogP contribution in [0.2, 0.25) is 0 Å². The minimum atomic E-state index is -0.917. The maximum atomic E-state index is 12.5. The molecule has 0 aromatic heterocycles. The van der Waals surface area contributed by atoms with Gasteiger partial charge < -0.3 is 20.1 Å². The third-order valence-electron chi connectivity index (χ3n) is 6.70. The first kappa shape index (κ1) is 23.8. The van der Waals surface area contributed by atoms with Crippen LogP contribution in [0.5, 0.6) is 0 Å². The van der Waals surface area contributed by atoms with Crippen molar-refractivity contribution in [2.24, 2.45) is 0 Å². The number of rotatable bonds is 8. The molecule has 0 saturated carbocycles. The first-order valence-corrected chi connectivity index (χ1v) is 11.7. The second-order valence-electron chi connectivity index (χ2n) is 8.98. The Balaban J connectivity index is 1.22. The number of carboxylic acid groups (broad SMARTS) is 1. The number of hydrogen-bond donors (Lipinski definition) is 2. The van der Waals surface area contributed by atoms with Crippen LogP contribution in [0.4, 0.5) is 4.79 Å². The topological polar surface area (TPSA) is 99.2 Å². The van der Waals surface area contributed by atoms with Crippen molar-refractivity contribution in [1.29, 1.82) is 0 Å². The van der Waals surface area contributed by atoms with E-state index in [1.807, 2.05) is 29.2 Å². The van der Waals surface area contributed by atoms with Crippen molar-refractivity contribution < 1.29 is 24.2 Å². The second-order valence-corrected chi connectivity index (χ2v) is 8.98. The summed E-state index contributed by atoms with van der Waals surface area (Å²) >= 11 is 0. The quantitative estimate of drug-likeness (QED) is 0.622. The number of ether oxygens (including phenoxy) is 1. The molecule has 0 radical (unpaired) electrons. The van der Waals surface area contributed by atoms with Gasteiger partial charge >= 0.3 is 12.1 Å². The van der Waals surface area contributed by atoms with E-state index in [0.717, 1.165) is 12.8 Å². The van der Waals surface area contributed by atoms with Crippen LogP contribution >= 0.6 is 0 Å². The van der Waals surface area contributed by atoms with Gasteiger partial charge in [-0.3, -0.25) is 14.5 Å². The van der Waals surface area contributed by atoms with E-state index in [0.29, 0.717) is 13.1 Å². The van der Waals surface area contributed by atoms with Crippen LogP contribution in [-0.2, 0) is 14.3 Å². The van der Waals surface area contributed by atoms with Crippen LogP contribution in [0.25, 0.3) is 11.1 Å². The standard InChI is InChI=1S/C26H31N3O5/c1-28(13-12-25(31)32)24(30)16-29-14-10-18(11-15-29)27-26(33)34-17-23-21-8-4-2-6-19(21)20-7-3-5-9-22(20)23/h2-9,18,23H,10-17H2,1H3,(H,27,33)(H,31,32). The molecule has 2 aromatic rings. The third-order valence-corrected chi connectivity index (χ3v) is 6.70. The highest BCUT2D eigenvalue weighted by Gasteiger charge is 2.29. The Morgan fingerprint density at radius 2 is 1.62 bits per heavy atom. The minimum Gasteiger partial charge on any atom is -0.481 e. The van der Waals surface area contributed by atoms with E-state index < -0.39 is 12.1 Å². The lowest BCUT2D eigenvalue weighted by Crippen LogP contribution is -2.48. The number of benzene rings is 2. The van der Waals surface area contributed by atoms with E-state index in [-0.39, 0.29) is 44.0 Å². The number of amides is 2. The van der Waals surface area contributed by atoms with Gasteiger partial charge in [-0.15, -0.1) is 0 Å². The average molecular weight is 466 g/mol. The summed E-state index contributed by atoms with van der Waals surface area (Å²) in [6, 6.07) is 16.5. The highest BCUT2D eigenvalue weighted by molar-refractivity contribution is 5.79. The van der Waals surface area contributed by atoms with Gasteiger partial charge in [-0.2, -0.15) is 0 Å². The molecule has 1 fully saturated rings. The van der Waals surface area contributed by atoms with Crippen molar-refractivity contribution in [2.75, 3.05) is 39.8 Å². The van der Waals surface area contributed by atoms with E-state index in [2.05, 4.69) is 29.6 Å². The molecule has 1 aliphatic heterocycles. The number of carbonyl (C=O) groups is 3. The van der Waals surface area contributed by atoms with E-state index in [4.69, 9.17) is 9.84 Å². The van der Waals surface area contributed by atoms with E-state index in [1.165, 1.54) is 27.2 Å². The molecule has 8 heteroatoms. The van der Waals surface area contributed by atoms with Crippen molar-refractivity contribution in [3.8, 4) is 11.1 Å². The second kappa shape index (κ2) is 10.7. The maximum Gasteiger partial charge on any atom is 0.407 e. The molecular formula is C26H31N3O5. The van der Waals surface area contributed by atoms with Gasteiger partial charge in [0.05, 0.1) is 13.0 Å². The molecule has 34 heavy (non-hydrogen) atoms. The van der Waals surface area contributed by atoms with Crippen molar-refractivity contribution in [3.63, 3.8) is 0 Å². The lowest BCUT2D eigenvalue weighted by atomic mass is 9.98. The summed E-state index contributed by atoms with van der Waals surface area (Å²) in [5.41, 5.74) is 4.76.